The van der Waals surface area contributed by atoms with Crippen LogP contribution in [0.1, 0.15) is 10.5 Å². The van der Waals surface area contributed by atoms with E-state index in [-0.39, 0.29) is 28.1 Å². The number of hydrogen-bond donors (Lipinski definition) is 4. The highest BCUT2D eigenvalue weighted by atomic mass is 16.3. The Labute approximate surface area is 106 Å². The average Bonchev–Trinajstić information content (AvgIpc) is 2.89. The number of amides is 1. The van der Waals surface area contributed by atoms with Crippen molar-refractivity contribution in [2.45, 2.75) is 0 Å². The van der Waals surface area contributed by atoms with Gasteiger partial charge in [0.05, 0.1) is 5.39 Å². The van der Waals surface area contributed by atoms with Crippen molar-refractivity contribution in [3.05, 3.63) is 30.0 Å². The molecule has 0 spiro atoms. The third kappa shape index (κ3) is 1.38. The maximum absolute atomic E-state index is 11.5. The summed E-state index contributed by atoms with van der Waals surface area (Å²) >= 11 is 0. The van der Waals surface area contributed by atoms with Crippen molar-refractivity contribution in [1.82, 2.24) is 10.2 Å². The average molecular weight is 256 g/mol. The van der Waals surface area contributed by atoms with Gasteiger partial charge in [0.1, 0.15) is 17.0 Å². The number of phenols is 2. The Hall–Kier alpha value is -2.96. The normalized spacial score (nSPS) is 10.9. The Balaban J connectivity index is 2.55. The molecule has 7 heteroatoms. The molecular formula is C12H8N4O3. The van der Waals surface area contributed by atoms with Crippen molar-refractivity contribution >= 4 is 27.6 Å². The number of fused-ring (bicyclic) bond motifs is 2. The highest BCUT2D eigenvalue weighted by Crippen LogP contribution is 2.41. The van der Waals surface area contributed by atoms with E-state index >= 15 is 0 Å². The number of carbonyl (C=O) groups excluding carboxylic acids is 1. The summed E-state index contributed by atoms with van der Waals surface area (Å²) in [6, 6.07) is 6.66. The molecular weight excluding hydrogens is 248 g/mol. The van der Waals surface area contributed by atoms with E-state index in [1.54, 1.807) is 24.3 Å². The van der Waals surface area contributed by atoms with Crippen molar-refractivity contribution in [2.75, 3.05) is 0 Å². The van der Waals surface area contributed by atoms with Crippen molar-refractivity contribution in [1.29, 1.82) is 5.53 Å². The number of aromatic hydroxyl groups is 2. The number of benzene rings is 2. The summed E-state index contributed by atoms with van der Waals surface area (Å²) in [5.74, 6) is -1.18. The quantitative estimate of drug-likeness (QED) is 0.394. The van der Waals surface area contributed by atoms with E-state index in [1.165, 1.54) is 0 Å². The number of phenolic OH excluding ortho intramolecular Hbond substituents is 2. The van der Waals surface area contributed by atoms with Crippen LogP contribution in [-0.4, -0.2) is 26.3 Å². The third-order valence-corrected chi connectivity index (χ3v) is 2.98. The molecule has 3 aromatic rings. The monoisotopic (exact) mass is 256 g/mol. The Kier molecular flexibility index (Phi) is 2.21. The number of rotatable bonds is 1. The summed E-state index contributed by atoms with van der Waals surface area (Å²) in [6.07, 6.45) is 0. The number of nitrogens with one attached hydrogen (secondary N) is 2. The van der Waals surface area contributed by atoms with Crippen LogP contribution in [0.25, 0.3) is 21.7 Å². The molecule has 0 atom stereocenters. The van der Waals surface area contributed by atoms with Crippen LogP contribution in [0.4, 0.5) is 0 Å². The topological polar surface area (TPSA) is 122 Å². The molecule has 1 amide bonds. The molecule has 0 aliphatic heterocycles. The zero-order valence-electron chi connectivity index (χ0n) is 9.51. The molecule has 2 aromatic carbocycles. The van der Waals surface area contributed by atoms with Crippen molar-refractivity contribution in [3.63, 3.8) is 0 Å². The lowest BCUT2D eigenvalue weighted by molar-refractivity contribution is 0.0987. The Bertz CT molecular complexity index is 838. The zero-order valence-corrected chi connectivity index (χ0v) is 9.51. The molecule has 4 N–H and O–H groups in total. The van der Waals surface area contributed by atoms with Gasteiger partial charge in [0.15, 0.2) is 5.75 Å². The molecule has 19 heavy (non-hydrogen) atoms. The number of aromatic nitrogens is 2. The maximum atomic E-state index is 11.5. The molecule has 1 heterocycles. The summed E-state index contributed by atoms with van der Waals surface area (Å²) in [7, 11) is 0. The fraction of sp³-hybridized carbons (Fsp3) is 0. The molecule has 0 fully saturated rings. The van der Waals surface area contributed by atoms with Crippen LogP contribution in [0.15, 0.2) is 29.4 Å². The van der Waals surface area contributed by atoms with Gasteiger partial charge in [0, 0.05) is 10.8 Å². The summed E-state index contributed by atoms with van der Waals surface area (Å²) in [5.41, 5.74) is 6.68. The lowest BCUT2D eigenvalue weighted by atomic mass is 10.0. The third-order valence-electron chi connectivity index (χ3n) is 2.98. The predicted molar refractivity (Wildman–Crippen MR) is 66.4 cm³/mol. The lowest BCUT2D eigenvalue weighted by Crippen LogP contribution is -1.94. The SMILES string of the molecule is N=NC(=O)c1[nH]nc2c(O)c3ccccc3c(O)c12. The van der Waals surface area contributed by atoms with Crippen molar-refractivity contribution in [2.24, 2.45) is 5.11 Å². The van der Waals surface area contributed by atoms with Gasteiger partial charge in [0.25, 0.3) is 0 Å². The van der Waals surface area contributed by atoms with Crippen LogP contribution in [0, 0.1) is 5.53 Å². The highest BCUT2D eigenvalue weighted by Gasteiger charge is 2.21. The summed E-state index contributed by atoms with van der Waals surface area (Å²) in [5, 5.41) is 30.2. The van der Waals surface area contributed by atoms with Crippen LogP contribution < -0.4 is 0 Å². The molecule has 0 aliphatic rings. The summed E-state index contributed by atoms with van der Waals surface area (Å²) < 4.78 is 0. The molecule has 0 saturated heterocycles. The van der Waals surface area contributed by atoms with Crippen molar-refractivity contribution in [3.8, 4) is 11.5 Å². The first-order valence-electron chi connectivity index (χ1n) is 5.37. The largest absolute Gasteiger partial charge is 0.507 e. The molecule has 0 unspecified atom stereocenters. The first-order valence-corrected chi connectivity index (χ1v) is 5.37. The predicted octanol–water partition coefficient (Wildman–Crippen LogP) is 2.30. The molecule has 7 nitrogen and oxygen atoms in total. The fourth-order valence-electron chi connectivity index (χ4n) is 2.11. The van der Waals surface area contributed by atoms with Gasteiger partial charge in [-0.15, -0.1) is 5.11 Å². The second-order valence-corrected chi connectivity index (χ2v) is 3.98. The minimum absolute atomic E-state index is 0.0669. The zero-order chi connectivity index (χ0) is 13.6. The fourth-order valence-corrected chi connectivity index (χ4v) is 2.11. The standard InChI is InChI=1S/C12H8N4O3/c13-14-12(19)9-7-8(15-16-9)11(18)6-4-2-1-3-5(6)10(7)17/h1-4,13,17-18H,(H,15,16). The van der Waals surface area contributed by atoms with Gasteiger partial charge in [-0.25, -0.2) is 5.53 Å². The van der Waals surface area contributed by atoms with Gasteiger partial charge in [0.2, 0.25) is 0 Å². The molecule has 0 radical (unpaired) electrons. The number of hydrogen-bond acceptors (Lipinski definition) is 5. The van der Waals surface area contributed by atoms with E-state index in [0.717, 1.165) is 0 Å². The van der Waals surface area contributed by atoms with Gasteiger partial charge in [-0.05, 0) is 0 Å². The second-order valence-electron chi connectivity index (χ2n) is 3.98. The summed E-state index contributed by atoms with van der Waals surface area (Å²) in [4.78, 5) is 11.5. The van der Waals surface area contributed by atoms with Crippen molar-refractivity contribution < 1.29 is 15.0 Å². The number of nitrogens with zero attached hydrogens (tertiary/aromatic N) is 2. The number of H-pyrrole nitrogens is 1. The van der Waals surface area contributed by atoms with E-state index in [9.17, 15) is 15.0 Å². The maximum Gasteiger partial charge on any atom is 0.313 e. The summed E-state index contributed by atoms with van der Waals surface area (Å²) in [6.45, 7) is 0. The van der Waals surface area contributed by atoms with Crippen LogP contribution in [-0.2, 0) is 0 Å². The van der Waals surface area contributed by atoms with Crippen LogP contribution in [0.5, 0.6) is 11.5 Å². The number of aromatic amines is 1. The first-order chi connectivity index (χ1) is 9.15. The molecule has 94 valence electrons. The van der Waals surface area contributed by atoms with E-state index in [2.05, 4.69) is 15.3 Å². The Morgan fingerprint density at radius 2 is 1.84 bits per heavy atom. The van der Waals surface area contributed by atoms with E-state index in [1.807, 2.05) is 0 Å². The van der Waals surface area contributed by atoms with Crippen LogP contribution in [0.2, 0.25) is 0 Å². The smallest absolute Gasteiger partial charge is 0.313 e. The highest BCUT2D eigenvalue weighted by molar-refractivity contribution is 6.16. The van der Waals surface area contributed by atoms with Gasteiger partial charge in [-0.2, -0.15) is 5.10 Å². The van der Waals surface area contributed by atoms with Gasteiger partial charge in [-0.1, -0.05) is 24.3 Å². The minimum Gasteiger partial charge on any atom is -0.507 e. The second kappa shape index (κ2) is 3.77. The molecule has 0 saturated carbocycles. The van der Waals surface area contributed by atoms with Gasteiger partial charge >= 0.3 is 5.91 Å². The Morgan fingerprint density at radius 3 is 2.47 bits per heavy atom. The van der Waals surface area contributed by atoms with Gasteiger partial charge in [-0.3, -0.25) is 9.89 Å². The molecule has 3 rings (SSSR count). The van der Waals surface area contributed by atoms with Crippen LogP contribution >= 0.6 is 0 Å². The lowest BCUT2D eigenvalue weighted by Gasteiger charge is -2.05. The minimum atomic E-state index is -0.868. The molecule has 1 aromatic heterocycles. The Morgan fingerprint density at radius 1 is 1.21 bits per heavy atom. The molecule has 0 bridgehead atoms. The van der Waals surface area contributed by atoms with Gasteiger partial charge < -0.3 is 10.2 Å². The molecule has 0 aliphatic carbocycles. The first kappa shape index (κ1) is 11.1. The number of carbonyl (C=O) groups is 1. The van der Waals surface area contributed by atoms with Crippen LogP contribution in [0.3, 0.4) is 0 Å². The van der Waals surface area contributed by atoms with E-state index in [4.69, 9.17) is 5.53 Å². The van der Waals surface area contributed by atoms with E-state index < -0.39 is 5.91 Å². The van der Waals surface area contributed by atoms with E-state index in [0.29, 0.717) is 10.8 Å².